The number of ether oxygens (including phenoxy) is 2. The Bertz CT molecular complexity index is 1050. The lowest BCUT2D eigenvalue weighted by atomic mass is 9.79. The van der Waals surface area contributed by atoms with E-state index in [1.165, 1.54) is 11.1 Å². The summed E-state index contributed by atoms with van der Waals surface area (Å²) in [6.07, 6.45) is 7.22. The van der Waals surface area contributed by atoms with Gasteiger partial charge in [0.1, 0.15) is 11.9 Å². The first-order chi connectivity index (χ1) is 16.4. The molecule has 0 aromatic heterocycles. The van der Waals surface area contributed by atoms with E-state index in [0.29, 0.717) is 12.5 Å². The van der Waals surface area contributed by atoms with Gasteiger partial charge in [0, 0.05) is 17.5 Å². The summed E-state index contributed by atoms with van der Waals surface area (Å²) < 4.78 is 12.1. The quantitative estimate of drug-likeness (QED) is 0.582. The maximum absolute atomic E-state index is 12.9. The van der Waals surface area contributed by atoms with Gasteiger partial charge in [-0.1, -0.05) is 69.3 Å². The van der Waals surface area contributed by atoms with E-state index < -0.39 is 0 Å². The summed E-state index contributed by atoms with van der Waals surface area (Å²) in [7, 11) is 0. The lowest BCUT2D eigenvalue weighted by Gasteiger charge is -2.44. The van der Waals surface area contributed by atoms with Crippen LogP contribution in [-0.4, -0.2) is 43.3 Å². The van der Waals surface area contributed by atoms with E-state index in [4.69, 9.17) is 9.47 Å². The highest BCUT2D eigenvalue weighted by Gasteiger charge is 2.41. The predicted octanol–water partition coefficient (Wildman–Crippen LogP) is 5.70. The fraction of sp³-hybridized carbons (Fsp3) is 0.483. The second-order valence-corrected chi connectivity index (χ2v) is 10.7. The average Bonchev–Trinajstić information content (AvgIpc) is 2.85. The minimum absolute atomic E-state index is 0.00354. The summed E-state index contributed by atoms with van der Waals surface area (Å²) in [4.78, 5) is 15.3. The molecule has 5 nitrogen and oxygen atoms in total. The number of piperidine rings is 3. The molecule has 4 heterocycles. The number of aryl methyl sites for hydroxylation is 1. The fourth-order valence-electron chi connectivity index (χ4n) is 5.45. The zero-order valence-corrected chi connectivity index (χ0v) is 20.5. The maximum Gasteiger partial charge on any atom is 0.407 e. The zero-order chi connectivity index (χ0) is 23.7. The topological polar surface area (TPSA) is 50.8 Å². The molecule has 3 fully saturated rings. The Morgan fingerprint density at radius 2 is 1.82 bits per heavy atom. The number of hydrogen-bond donors (Lipinski definition) is 1. The molecule has 180 valence electrons. The van der Waals surface area contributed by atoms with Crippen molar-refractivity contribution in [2.75, 3.05) is 26.2 Å². The van der Waals surface area contributed by atoms with Gasteiger partial charge in [0.05, 0.1) is 12.6 Å². The number of hydrogen-bond acceptors (Lipinski definition) is 4. The molecule has 4 aliphatic heterocycles. The SMILES string of the molecule is CCc1ccc(/C=C/c2ccc3c(c2)OCC(C)(C)C3NC(=O)O[C@H]2CN3CCC2CC3)cc1. The van der Waals surface area contributed by atoms with E-state index in [-0.39, 0.29) is 23.7 Å². The van der Waals surface area contributed by atoms with Gasteiger partial charge in [0.15, 0.2) is 0 Å². The molecule has 0 radical (unpaired) electrons. The Hall–Kier alpha value is -2.79. The van der Waals surface area contributed by atoms with Crippen LogP contribution in [0.5, 0.6) is 5.75 Å². The van der Waals surface area contributed by atoms with Crippen molar-refractivity contribution < 1.29 is 14.3 Å². The van der Waals surface area contributed by atoms with Crippen LogP contribution in [0.15, 0.2) is 42.5 Å². The summed E-state index contributed by atoms with van der Waals surface area (Å²) in [5.74, 6) is 1.33. The minimum Gasteiger partial charge on any atom is -0.493 e. The molecule has 0 aliphatic carbocycles. The molecular formula is C29H36N2O3. The van der Waals surface area contributed by atoms with Crippen LogP contribution in [0.3, 0.4) is 0 Å². The summed E-state index contributed by atoms with van der Waals surface area (Å²) >= 11 is 0. The number of amides is 1. The Morgan fingerprint density at radius 3 is 2.50 bits per heavy atom. The van der Waals surface area contributed by atoms with Crippen LogP contribution in [0.4, 0.5) is 4.79 Å². The van der Waals surface area contributed by atoms with Crippen molar-refractivity contribution in [1.82, 2.24) is 10.2 Å². The summed E-state index contributed by atoms with van der Waals surface area (Å²) in [6.45, 7) is 10.1. The standard InChI is InChI=1S/C29H36N2O3/c1-4-20-5-7-21(8-6-20)9-10-22-11-12-24-25(17-22)33-19-29(2,3)27(24)30-28(32)34-26-18-31-15-13-23(26)14-16-31/h5-12,17,23,26-27H,4,13-16,18-19H2,1-3H3,(H,30,32)/b10-9+/t26-,27?/m0/s1. The van der Waals surface area contributed by atoms with Crippen LogP contribution in [0.1, 0.15) is 61.9 Å². The fourth-order valence-corrected chi connectivity index (χ4v) is 5.45. The first-order valence-corrected chi connectivity index (χ1v) is 12.6. The van der Waals surface area contributed by atoms with Gasteiger partial charge >= 0.3 is 6.09 Å². The third-order valence-corrected chi connectivity index (χ3v) is 7.70. The highest BCUT2D eigenvalue weighted by Crippen LogP contribution is 2.43. The molecule has 3 saturated heterocycles. The van der Waals surface area contributed by atoms with Gasteiger partial charge in [-0.15, -0.1) is 0 Å². The molecule has 1 amide bonds. The maximum atomic E-state index is 12.9. The first-order valence-electron chi connectivity index (χ1n) is 12.6. The van der Waals surface area contributed by atoms with Crippen LogP contribution >= 0.6 is 0 Å². The molecule has 1 unspecified atom stereocenters. The molecule has 5 heteroatoms. The molecule has 34 heavy (non-hydrogen) atoms. The van der Waals surface area contributed by atoms with Crippen LogP contribution in [0.25, 0.3) is 12.2 Å². The number of benzene rings is 2. The van der Waals surface area contributed by atoms with Gasteiger partial charge in [-0.25, -0.2) is 4.79 Å². The smallest absolute Gasteiger partial charge is 0.407 e. The van der Waals surface area contributed by atoms with Gasteiger partial charge in [0.2, 0.25) is 0 Å². The van der Waals surface area contributed by atoms with Crippen LogP contribution in [0, 0.1) is 11.3 Å². The molecule has 4 aliphatic rings. The van der Waals surface area contributed by atoms with Crippen molar-refractivity contribution in [1.29, 1.82) is 0 Å². The first kappa shape index (κ1) is 23.0. The Labute approximate surface area is 203 Å². The Balaban J connectivity index is 1.29. The molecular weight excluding hydrogens is 424 g/mol. The van der Waals surface area contributed by atoms with E-state index in [1.54, 1.807) is 0 Å². The van der Waals surface area contributed by atoms with Crippen LogP contribution < -0.4 is 10.1 Å². The van der Waals surface area contributed by atoms with E-state index in [2.05, 4.69) is 85.6 Å². The van der Waals surface area contributed by atoms with Crippen molar-refractivity contribution in [3.05, 3.63) is 64.7 Å². The molecule has 2 bridgehead atoms. The van der Waals surface area contributed by atoms with E-state index in [1.807, 2.05) is 0 Å². The monoisotopic (exact) mass is 460 g/mol. The number of carbonyl (C=O) groups excluding carboxylic acids is 1. The molecule has 2 aromatic rings. The minimum atomic E-state index is -0.316. The molecule has 2 aromatic carbocycles. The Kier molecular flexibility index (Phi) is 6.39. The van der Waals surface area contributed by atoms with Gasteiger partial charge in [-0.05, 0) is 61.0 Å². The molecule has 6 rings (SSSR count). The van der Waals surface area contributed by atoms with Crippen molar-refractivity contribution in [3.63, 3.8) is 0 Å². The van der Waals surface area contributed by atoms with Gasteiger partial charge in [-0.2, -0.15) is 0 Å². The van der Waals surface area contributed by atoms with E-state index in [0.717, 1.165) is 55.8 Å². The highest BCUT2D eigenvalue weighted by atomic mass is 16.6. The summed E-state index contributed by atoms with van der Waals surface area (Å²) in [5.41, 5.74) is 4.36. The van der Waals surface area contributed by atoms with Crippen LogP contribution in [-0.2, 0) is 11.2 Å². The molecule has 0 spiro atoms. The number of alkyl carbamates (subject to hydrolysis) is 1. The van der Waals surface area contributed by atoms with Gasteiger partial charge < -0.3 is 14.8 Å². The van der Waals surface area contributed by atoms with Gasteiger partial charge in [-0.3, -0.25) is 4.90 Å². The van der Waals surface area contributed by atoms with Crippen LogP contribution in [0.2, 0.25) is 0 Å². The number of nitrogens with zero attached hydrogens (tertiary/aromatic N) is 1. The van der Waals surface area contributed by atoms with Gasteiger partial charge in [0.25, 0.3) is 0 Å². The van der Waals surface area contributed by atoms with E-state index in [9.17, 15) is 4.79 Å². The van der Waals surface area contributed by atoms with Crippen molar-refractivity contribution in [2.45, 2.75) is 52.2 Å². The predicted molar refractivity (Wildman–Crippen MR) is 136 cm³/mol. The second-order valence-electron chi connectivity index (χ2n) is 10.7. The number of carbonyl (C=O) groups is 1. The summed E-state index contributed by atoms with van der Waals surface area (Å²) in [5, 5.41) is 3.18. The second kappa shape index (κ2) is 9.46. The molecule has 1 N–H and O–H groups in total. The number of fused-ring (bicyclic) bond motifs is 4. The van der Waals surface area contributed by atoms with Crippen molar-refractivity contribution in [2.24, 2.45) is 11.3 Å². The summed E-state index contributed by atoms with van der Waals surface area (Å²) in [6, 6.07) is 14.7. The third kappa shape index (κ3) is 4.85. The lowest BCUT2D eigenvalue weighted by Crippen LogP contribution is -2.53. The average molecular weight is 461 g/mol. The number of nitrogens with one attached hydrogen (secondary N) is 1. The number of rotatable bonds is 5. The molecule has 0 saturated carbocycles. The largest absolute Gasteiger partial charge is 0.493 e. The van der Waals surface area contributed by atoms with Crippen molar-refractivity contribution in [3.8, 4) is 5.75 Å². The third-order valence-electron chi connectivity index (χ3n) is 7.70. The molecule has 2 atom stereocenters. The highest BCUT2D eigenvalue weighted by molar-refractivity contribution is 5.72. The zero-order valence-electron chi connectivity index (χ0n) is 20.5. The normalized spacial score (nSPS) is 27.1. The Morgan fingerprint density at radius 1 is 1.12 bits per heavy atom. The lowest BCUT2D eigenvalue weighted by molar-refractivity contribution is -0.0361. The van der Waals surface area contributed by atoms with E-state index >= 15 is 0 Å². The van der Waals surface area contributed by atoms with Crippen molar-refractivity contribution >= 4 is 18.2 Å².